The maximum atomic E-state index is 13.7. The van der Waals surface area contributed by atoms with Crippen LogP contribution in [-0.2, 0) is 6.18 Å². The van der Waals surface area contributed by atoms with Gasteiger partial charge in [-0.1, -0.05) is 57.3 Å². The highest BCUT2D eigenvalue weighted by Gasteiger charge is 2.35. The summed E-state index contributed by atoms with van der Waals surface area (Å²) >= 11 is 15.3. The van der Waals surface area contributed by atoms with Crippen molar-refractivity contribution in [3.05, 3.63) is 80.5 Å². The average Bonchev–Trinajstić information content (AvgIpc) is 3.14. The molecule has 5 nitrogen and oxygen atoms in total. The van der Waals surface area contributed by atoms with E-state index in [-0.39, 0.29) is 32.8 Å². The average molecular weight is 530 g/mol. The number of hydrogen-bond donors (Lipinski definition) is 1. The molecule has 2 heterocycles. The Balaban J connectivity index is 1.79. The topological polar surface area (TPSA) is 59.3 Å². The fourth-order valence-electron chi connectivity index (χ4n) is 2.84. The molecule has 0 saturated heterocycles. The molecule has 2 aromatic heterocycles. The summed E-state index contributed by atoms with van der Waals surface area (Å²) in [5.74, 6) is -0.756. The van der Waals surface area contributed by atoms with Crippen LogP contribution in [0.15, 0.2) is 59.1 Å². The van der Waals surface area contributed by atoms with Gasteiger partial charge in [-0.15, -0.1) is 0 Å². The number of nitrogens with one attached hydrogen (secondary N) is 1. The van der Waals surface area contributed by atoms with E-state index < -0.39 is 17.8 Å². The van der Waals surface area contributed by atoms with Crippen LogP contribution in [0, 0.1) is 0 Å². The van der Waals surface area contributed by atoms with Crippen molar-refractivity contribution in [3.63, 3.8) is 0 Å². The van der Waals surface area contributed by atoms with Gasteiger partial charge in [0.05, 0.1) is 21.4 Å². The Morgan fingerprint density at radius 3 is 2.45 bits per heavy atom. The van der Waals surface area contributed by atoms with E-state index in [0.717, 1.165) is 10.5 Å². The number of anilines is 1. The van der Waals surface area contributed by atoms with E-state index in [2.05, 4.69) is 31.3 Å². The van der Waals surface area contributed by atoms with E-state index in [0.29, 0.717) is 10.1 Å². The predicted molar refractivity (Wildman–Crippen MR) is 116 cm³/mol. The van der Waals surface area contributed by atoms with Crippen LogP contribution < -0.4 is 5.32 Å². The van der Waals surface area contributed by atoms with Crippen LogP contribution in [0.1, 0.15) is 16.2 Å². The molecule has 0 saturated carbocycles. The zero-order valence-electron chi connectivity index (χ0n) is 15.2. The minimum absolute atomic E-state index is 0.0945. The quantitative estimate of drug-likeness (QED) is 0.320. The molecule has 31 heavy (non-hydrogen) atoms. The third-order valence-electron chi connectivity index (χ3n) is 4.29. The van der Waals surface area contributed by atoms with Crippen LogP contribution >= 0.6 is 39.1 Å². The van der Waals surface area contributed by atoms with Crippen molar-refractivity contribution >= 4 is 56.4 Å². The van der Waals surface area contributed by atoms with E-state index in [4.69, 9.17) is 23.2 Å². The minimum Gasteiger partial charge on any atom is -0.319 e. The van der Waals surface area contributed by atoms with Crippen molar-refractivity contribution in [1.29, 1.82) is 0 Å². The Morgan fingerprint density at radius 1 is 1.06 bits per heavy atom. The highest BCUT2D eigenvalue weighted by molar-refractivity contribution is 9.10. The van der Waals surface area contributed by atoms with E-state index in [9.17, 15) is 18.0 Å². The summed E-state index contributed by atoms with van der Waals surface area (Å²) in [7, 11) is 0. The van der Waals surface area contributed by atoms with Crippen molar-refractivity contribution in [2.24, 2.45) is 0 Å². The monoisotopic (exact) mass is 528 g/mol. The first-order valence-corrected chi connectivity index (χ1v) is 10.2. The predicted octanol–water partition coefficient (Wildman–Crippen LogP) is 6.74. The van der Waals surface area contributed by atoms with Crippen molar-refractivity contribution in [2.75, 3.05) is 5.32 Å². The number of halogens is 6. The molecule has 0 aliphatic heterocycles. The van der Waals surface area contributed by atoms with Crippen molar-refractivity contribution < 1.29 is 18.0 Å². The molecule has 0 unspecified atom stereocenters. The molecule has 0 fully saturated rings. The Labute approximate surface area is 191 Å². The van der Waals surface area contributed by atoms with Gasteiger partial charge in [0.15, 0.2) is 17.0 Å². The molecule has 0 spiro atoms. The maximum Gasteiger partial charge on any atom is 0.433 e. The first-order valence-electron chi connectivity index (χ1n) is 8.63. The summed E-state index contributed by atoms with van der Waals surface area (Å²) in [6, 6.07) is 13.3. The molecule has 4 aromatic rings. The molecule has 0 aliphatic rings. The van der Waals surface area contributed by atoms with Gasteiger partial charge in [-0.05, 0) is 30.3 Å². The van der Waals surface area contributed by atoms with E-state index in [1.54, 1.807) is 30.3 Å². The number of amides is 1. The second-order valence-electron chi connectivity index (χ2n) is 6.39. The van der Waals surface area contributed by atoms with Gasteiger partial charge in [0, 0.05) is 16.1 Å². The lowest BCUT2D eigenvalue weighted by atomic mass is 10.1. The number of aromatic nitrogens is 3. The lowest BCUT2D eigenvalue weighted by molar-refractivity contribution is -0.142. The first-order chi connectivity index (χ1) is 14.6. The molecule has 4 rings (SSSR count). The lowest BCUT2D eigenvalue weighted by Gasteiger charge is -2.11. The number of hydrogen-bond acceptors (Lipinski definition) is 3. The number of benzene rings is 2. The third kappa shape index (κ3) is 4.39. The van der Waals surface area contributed by atoms with E-state index in [1.165, 1.54) is 18.2 Å². The van der Waals surface area contributed by atoms with Gasteiger partial charge in [0.25, 0.3) is 5.91 Å². The van der Waals surface area contributed by atoms with Gasteiger partial charge in [-0.3, -0.25) is 4.79 Å². The number of carbonyl (C=O) groups is 1. The number of rotatable bonds is 3. The normalized spacial score (nSPS) is 11.7. The van der Waals surface area contributed by atoms with Gasteiger partial charge in [0.1, 0.15) is 0 Å². The van der Waals surface area contributed by atoms with Crippen LogP contribution in [0.4, 0.5) is 18.9 Å². The highest BCUT2D eigenvalue weighted by Crippen LogP contribution is 2.33. The first kappa shape index (κ1) is 21.6. The number of alkyl halides is 3. The molecule has 2 aromatic carbocycles. The van der Waals surface area contributed by atoms with Gasteiger partial charge in [0.2, 0.25) is 0 Å². The van der Waals surface area contributed by atoms with Crippen LogP contribution in [0.5, 0.6) is 0 Å². The molecule has 11 heteroatoms. The molecule has 158 valence electrons. The third-order valence-corrected chi connectivity index (χ3v) is 5.64. The number of carbonyl (C=O) groups excluding carboxylic acids is 1. The second kappa shape index (κ2) is 8.14. The lowest BCUT2D eigenvalue weighted by Crippen LogP contribution is -2.16. The second-order valence-corrected chi connectivity index (χ2v) is 8.09. The Bertz CT molecular complexity index is 1310. The van der Waals surface area contributed by atoms with Crippen molar-refractivity contribution in [1.82, 2.24) is 14.6 Å². The summed E-state index contributed by atoms with van der Waals surface area (Å²) < 4.78 is 42.5. The number of nitrogens with zero attached hydrogens (tertiary/aromatic N) is 3. The van der Waals surface area contributed by atoms with Crippen LogP contribution in [0.3, 0.4) is 0 Å². The molecule has 1 N–H and O–H groups in total. The molecule has 0 bridgehead atoms. The molecule has 0 atom stereocenters. The Hall–Kier alpha value is -2.62. The molecule has 0 radical (unpaired) electrons. The smallest absolute Gasteiger partial charge is 0.319 e. The molecule has 0 aliphatic carbocycles. The van der Waals surface area contributed by atoms with E-state index in [1.807, 2.05) is 0 Å². The summed E-state index contributed by atoms with van der Waals surface area (Å²) in [4.78, 5) is 16.8. The SMILES string of the molecule is O=C(Nc1cccc(Cl)c1Cl)c1cc2nc(-c3ccc(Br)cc3)cc(C(F)(F)F)n2n1. The van der Waals surface area contributed by atoms with Crippen LogP contribution in [0.2, 0.25) is 10.0 Å². The summed E-state index contributed by atoms with van der Waals surface area (Å²) in [6.45, 7) is 0. The summed E-state index contributed by atoms with van der Waals surface area (Å²) in [5, 5.41) is 6.63. The standard InChI is InChI=1S/C20H10BrCl2F3N4O/c21-11-6-4-10(5-7-11)14-8-16(20(24,25)26)30-17(27-14)9-15(29-30)19(31)28-13-3-1-2-12(22)18(13)23/h1-9H,(H,28,31). The van der Waals surface area contributed by atoms with Gasteiger partial charge in [-0.25, -0.2) is 9.50 Å². The highest BCUT2D eigenvalue weighted by atomic mass is 79.9. The van der Waals surface area contributed by atoms with Gasteiger partial charge < -0.3 is 5.32 Å². The van der Waals surface area contributed by atoms with Gasteiger partial charge >= 0.3 is 6.18 Å². The molecular weight excluding hydrogens is 520 g/mol. The summed E-state index contributed by atoms with van der Waals surface area (Å²) in [5.41, 5.74) is -0.672. The van der Waals surface area contributed by atoms with Crippen LogP contribution in [-0.4, -0.2) is 20.5 Å². The van der Waals surface area contributed by atoms with Crippen LogP contribution in [0.25, 0.3) is 16.9 Å². The number of fused-ring (bicyclic) bond motifs is 1. The Kier molecular flexibility index (Phi) is 5.67. The van der Waals surface area contributed by atoms with Gasteiger partial charge in [-0.2, -0.15) is 18.3 Å². The summed E-state index contributed by atoms with van der Waals surface area (Å²) in [6.07, 6.45) is -4.72. The zero-order chi connectivity index (χ0) is 22.3. The van der Waals surface area contributed by atoms with Crippen molar-refractivity contribution in [2.45, 2.75) is 6.18 Å². The minimum atomic E-state index is -4.72. The Morgan fingerprint density at radius 2 is 1.77 bits per heavy atom. The fraction of sp³-hybridized carbons (Fsp3) is 0.0500. The molecule has 1 amide bonds. The maximum absolute atomic E-state index is 13.7. The van der Waals surface area contributed by atoms with E-state index >= 15 is 0 Å². The largest absolute Gasteiger partial charge is 0.433 e. The fourth-order valence-corrected chi connectivity index (χ4v) is 3.45. The molecular formula is C20H10BrCl2F3N4O. The zero-order valence-corrected chi connectivity index (χ0v) is 18.3. The van der Waals surface area contributed by atoms with Crippen molar-refractivity contribution in [3.8, 4) is 11.3 Å².